The van der Waals surface area contributed by atoms with Gasteiger partial charge < -0.3 is 10.8 Å². The van der Waals surface area contributed by atoms with Crippen LogP contribution in [0.5, 0.6) is 0 Å². The van der Waals surface area contributed by atoms with Crippen LogP contribution >= 0.6 is 0 Å². The number of carbonyl (C=O) groups is 1. The number of rotatable bonds is 1. The molecule has 0 aromatic carbocycles. The van der Waals surface area contributed by atoms with Crippen molar-refractivity contribution < 1.29 is 18.3 Å². The molecule has 1 atom stereocenters. The van der Waals surface area contributed by atoms with Crippen LogP contribution in [-0.2, 0) is 15.1 Å². The summed E-state index contributed by atoms with van der Waals surface area (Å²) in [6.07, 6.45) is 3.73. The van der Waals surface area contributed by atoms with E-state index < -0.39 is 22.2 Å². The van der Waals surface area contributed by atoms with Crippen molar-refractivity contribution in [3.8, 4) is 0 Å². The topological polar surface area (TPSA) is 97.5 Å². The molecule has 0 radical (unpaired) electrons. The van der Waals surface area contributed by atoms with E-state index >= 15 is 0 Å². The fraction of sp³-hybridized carbons (Fsp3) is 0.143. The van der Waals surface area contributed by atoms with Crippen molar-refractivity contribution in [3.63, 3.8) is 0 Å². The van der Waals surface area contributed by atoms with E-state index in [1.165, 1.54) is 18.2 Å². The Hall–Kier alpha value is -1.56. The highest BCUT2D eigenvalue weighted by Gasteiger charge is 2.23. The number of hydrogen-bond acceptors (Lipinski definition) is 4. The Bertz CT molecular complexity index is 421. The lowest BCUT2D eigenvalue weighted by atomic mass is 9.99. The Labute approximate surface area is 75.7 Å². The molecule has 0 amide bonds. The largest absolute Gasteiger partial charge is 0.481 e. The van der Waals surface area contributed by atoms with Crippen LogP contribution in [0.3, 0.4) is 0 Å². The van der Waals surface area contributed by atoms with Crippen molar-refractivity contribution in [1.29, 1.82) is 0 Å². The summed E-state index contributed by atoms with van der Waals surface area (Å²) in [7, 11) is -2.52. The van der Waals surface area contributed by atoms with Gasteiger partial charge in [0.2, 0.25) is 10.3 Å². The van der Waals surface area contributed by atoms with Crippen LogP contribution in [0.25, 0.3) is 0 Å². The molecule has 0 heterocycles. The van der Waals surface area contributed by atoms with Gasteiger partial charge in [-0.1, -0.05) is 0 Å². The highest BCUT2D eigenvalue weighted by molar-refractivity contribution is 7.73. The smallest absolute Gasteiger partial charge is 0.316 e. The van der Waals surface area contributed by atoms with E-state index in [0.717, 1.165) is 0 Å². The van der Waals surface area contributed by atoms with Gasteiger partial charge in [-0.15, -0.1) is 0 Å². The zero-order valence-electron chi connectivity index (χ0n) is 6.47. The fourth-order valence-electron chi connectivity index (χ4n) is 0.964. The van der Waals surface area contributed by atoms with E-state index in [0.29, 0.717) is 0 Å². The van der Waals surface area contributed by atoms with Gasteiger partial charge >= 0.3 is 5.97 Å². The van der Waals surface area contributed by atoms with Crippen molar-refractivity contribution in [2.24, 2.45) is 11.7 Å². The zero-order chi connectivity index (χ0) is 10.0. The van der Waals surface area contributed by atoms with Crippen LogP contribution in [-0.4, -0.2) is 24.4 Å². The first-order valence-electron chi connectivity index (χ1n) is 3.36. The molecule has 0 aliphatic heterocycles. The van der Waals surface area contributed by atoms with Crippen LogP contribution < -0.4 is 5.73 Å². The second kappa shape index (κ2) is 3.44. The molecule has 0 saturated heterocycles. The molecule has 1 aliphatic carbocycles. The molecule has 13 heavy (non-hydrogen) atoms. The van der Waals surface area contributed by atoms with E-state index in [1.54, 1.807) is 0 Å². The quantitative estimate of drug-likeness (QED) is 0.538. The van der Waals surface area contributed by atoms with E-state index in [4.69, 9.17) is 10.8 Å². The predicted octanol–water partition coefficient (Wildman–Crippen LogP) is -0.849. The third-order valence-electron chi connectivity index (χ3n) is 1.56. The summed E-state index contributed by atoms with van der Waals surface area (Å²) >= 11 is 0. The number of nitrogens with two attached hydrogens (primary N) is 1. The lowest BCUT2D eigenvalue weighted by Gasteiger charge is -2.09. The molecule has 0 saturated carbocycles. The second-order valence-corrected chi connectivity index (χ2v) is 3.39. The van der Waals surface area contributed by atoms with E-state index in [1.807, 2.05) is 0 Å². The molecule has 1 aliphatic rings. The van der Waals surface area contributed by atoms with Gasteiger partial charge in [-0.3, -0.25) is 4.79 Å². The maximum atomic E-state index is 10.6. The third-order valence-corrected chi connectivity index (χ3v) is 2.34. The number of carboxylic acids is 1. The van der Waals surface area contributed by atoms with Crippen LogP contribution in [0.2, 0.25) is 0 Å². The maximum Gasteiger partial charge on any atom is 0.316 e. The summed E-state index contributed by atoms with van der Waals surface area (Å²) in [6.45, 7) is 0. The molecule has 0 bridgehead atoms. The Kier molecular flexibility index (Phi) is 2.52. The lowest BCUT2D eigenvalue weighted by molar-refractivity contribution is -0.138. The molecular weight excluding hydrogens is 194 g/mol. The monoisotopic (exact) mass is 201 g/mol. The maximum absolute atomic E-state index is 10.6. The molecule has 1 unspecified atom stereocenters. The van der Waals surface area contributed by atoms with Crippen LogP contribution in [0.4, 0.5) is 0 Å². The van der Waals surface area contributed by atoms with Crippen molar-refractivity contribution in [2.75, 3.05) is 0 Å². The molecule has 6 heteroatoms. The van der Waals surface area contributed by atoms with Crippen LogP contribution in [0, 0.1) is 5.92 Å². The minimum Gasteiger partial charge on any atom is -0.481 e. The first kappa shape index (κ1) is 9.53. The highest BCUT2D eigenvalue weighted by Crippen LogP contribution is 2.11. The van der Waals surface area contributed by atoms with Gasteiger partial charge in [0.25, 0.3) is 0 Å². The summed E-state index contributed by atoms with van der Waals surface area (Å²) in [4.78, 5) is 10.4. The summed E-state index contributed by atoms with van der Waals surface area (Å²) in [5.74, 6) is -2.39. The summed E-state index contributed by atoms with van der Waals surface area (Å²) in [5.41, 5.74) is 5.57. The first-order chi connectivity index (χ1) is 6.02. The van der Waals surface area contributed by atoms with E-state index in [2.05, 4.69) is 0 Å². The number of hydrogen-bond donors (Lipinski definition) is 2. The molecule has 0 spiro atoms. The molecular formula is C7H7NO4S. The highest BCUT2D eigenvalue weighted by atomic mass is 32.2. The summed E-state index contributed by atoms with van der Waals surface area (Å²) < 4.78 is 21.1. The lowest BCUT2D eigenvalue weighted by Crippen LogP contribution is -2.24. The zero-order valence-corrected chi connectivity index (χ0v) is 7.28. The standard InChI is InChI=1S/C7H7NO4S/c8-4-1-2-6(13(11)12)5(3-4)7(9)10/h1-3,5H,8H2,(H,9,10). The van der Waals surface area contributed by atoms with Crippen molar-refractivity contribution >= 4 is 21.1 Å². The van der Waals surface area contributed by atoms with E-state index in [-0.39, 0.29) is 10.6 Å². The summed E-state index contributed by atoms with van der Waals surface area (Å²) in [6, 6.07) is 0. The van der Waals surface area contributed by atoms with Crippen molar-refractivity contribution in [3.05, 3.63) is 23.9 Å². The van der Waals surface area contributed by atoms with Gasteiger partial charge in [0.05, 0.1) is 4.86 Å². The minimum absolute atomic E-state index is 0.179. The Morgan fingerprint density at radius 3 is 2.54 bits per heavy atom. The van der Waals surface area contributed by atoms with Gasteiger partial charge in [0.15, 0.2) is 0 Å². The molecule has 0 aromatic heterocycles. The number of aliphatic carboxylic acids is 1. The predicted molar refractivity (Wildman–Crippen MR) is 46.5 cm³/mol. The van der Waals surface area contributed by atoms with Gasteiger partial charge in [0, 0.05) is 5.70 Å². The average molecular weight is 201 g/mol. The van der Waals surface area contributed by atoms with Crippen LogP contribution in [0.1, 0.15) is 0 Å². The second-order valence-electron chi connectivity index (χ2n) is 2.45. The normalized spacial score (nSPS) is 21.1. The van der Waals surface area contributed by atoms with Gasteiger partial charge in [-0.2, -0.15) is 8.42 Å². The fourth-order valence-corrected chi connectivity index (χ4v) is 1.52. The van der Waals surface area contributed by atoms with Gasteiger partial charge in [0.1, 0.15) is 5.92 Å². The van der Waals surface area contributed by atoms with Gasteiger partial charge in [-0.05, 0) is 18.2 Å². The Balaban J connectivity index is 3.25. The molecule has 5 nitrogen and oxygen atoms in total. The molecule has 70 valence electrons. The summed E-state index contributed by atoms with van der Waals surface area (Å²) in [5, 5.41) is 8.65. The molecule has 1 rings (SSSR count). The third kappa shape index (κ3) is 1.97. The Morgan fingerprint density at radius 1 is 1.46 bits per heavy atom. The first-order valence-corrected chi connectivity index (χ1v) is 4.44. The molecule has 3 N–H and O–H groups in total. The average Bonchev–Trinajstić information content (AvgIpc) is 2.03. The van der Waals surface area contributed by atoms with Crippen LogP contribution in [0.15, 0.2) is 23.9 Å². The number of allylic oxidation sites excluding steroid dienone is 2. The van der Waals surface area contributed by atoms with Crippen molar-refractivity contribution in [1.82, 2.24) is 0 Å². The molecule has 0 aromatic rings. The van der Waals surface area contributed by atoms with Gasteiger partial charge in [-0.25, -0.2) is 0 Å². The molecule has 0 fully saturated rings. The van der Waals surface area contributed by atoms with E-state index in [9.17, 15) is 13.2 Å². The SMILES string of the molecule is NC1=CC(C(=O)O)C(=S(=O)=O)C=C1. The minimum atomic E-state index is -2.52. The number of carboxylic acid groups (broad SMARTS) is 1. The Morgan fingerprint density at radius 2 is 2.08 bits per heavy atom. The van der Waals surface area contributed by atoms with Crippen molar-refractivity contribution in [2.45, 2.75) is 0 Å².